The summed E-state index contributed by atoms with van der Waals surface area (Å²) in [6.07, 6.45) is 0. The highest BCUT2D eigenvalue weighted by atomic mass is 16.5. The molecular weight excluding hydrogens is 266 g/mol. The van der Waals surface area contributed by atoms with Crippen LogP contribution >= 0.6 is 0 Å². The van der Waals surface area contributed by atoms with Crippen molar-refractivity contribution < 1.29 is 14.2 Å². The first-order chi connectivity index (χ1) is 10.3. The van der Waals surface area contributed by atoms with E-state index >= 15 is 0 Å². The number of hydrogen-bond donors (Lipinski definition) is 1. The quantitative estimate of drug-likeness (QED) is 0.850. The Hall–Kier alpha value is -2.20. The highest BCUT2D eigenvalue weighted by molar-refractivity contribution is 5.40. The molecule has 0 heterocycles. The Balaban J connectivity index is 2.04. The third-order valence-corrected chi connectivity index (χ3v) is 3.19. The van der Waals surface area contributed by atoms with Crippen LogP contribution in [-0.4, -0.2) is 21.3 Å². The molecule has 0 aliphatic heterocycles. The van der Waals surface area contributed by atoms with Crippen LogP contribution in [0.4, 0.5) is 0 Å². The van der Waals surface area contributed by atoms with Crippen molar-refractivity contribution in [3.05, 3.63) is 53.6 Å². The second-order valence-electron chi connectivity index (χ2n) is 4.64. The Bertz CT molecular complexity index is 567. The van der Waals surface area contributed by atoms with Gasteiger partial charge in [-0.25, -0.2) is 0 Å². The normalized spacial score (nSPS) is 10.2. The standard InChI is InChI=1S/C17H21NO3/c1-18-11-13-4-6-15(7-5-13)21-12-14-10-16(19-2)8-9-17(14)20-3/h4-10,18H,11-12H2,1-3H3. The molecule has 0 atom stereocenters. The average molecular weight is 287 g/mol. The van der Waals surface area contributed by atoms with E-state index in [0.717, 1.165) is 29.4 Å². The molecule has 0 saturated carbocycles. The van der Waals surface area contributed by atoms with Gasteiger partial charge in [-0.2, -0.15) is 0 Å². The fraction of sp³-hybridized carbons (Fsp3) is 0.294. The molecule has 21 heavy (non-hydrogen) atoms. The number of nitrogens with one attached hydrogen (secondary N) is 1. The zero-order valence-corrected chi connectivity index (χ0v) is 12.7. The molecule has 112 valence electrons. The van der Waals surface area contributed by atoms with Crippen molar-refractivity contribution in [2.45, 2.75) is 13.2 Å². The number of ether oxygens (including phenoxy) is 3. The minimum atomic E-state index is 0.436. The van der Waals surface area contributed by atoms with Gasteiger partial charge in [0, 0.05) is 12.1 Å². The molecule has 0 aliphatic carbocycles. The zero-order valence-electron chi connectivity index (χ0n) is 12.7. The molecule has 1 N–H and O–H groups in total. The van der Waals surface area contributed by atoms with Crippen LogP contribution in [0.5, 0.6) is 17.2 Å². The third kappa shape index (κ3) is 4.13. The van der Waals surface area contributed by atoms with Crippen LogP contribution in [0.3, 0.4) is 0 Å². The number of methoxy groups -OCH3 is 2. The monoisotopic (exact) mass is 287 g/mol. The van der Waals surface area contributed by atoms with Gasteiger partial charge in [0.15, 0.2) is 0 Å². The maximum Gasteiger partial charge on any atom is 0.125 e. The van der Waals surface area contributed by atoms with E-state index in [-0.39, 0.29) is 0 Å². The van der Waals surface area contributed by atoms with E-state index < -0.39 is 0 Å². The Labute approximate surface area is 125 Å². The van der Waals surface area contributed by atoms with Crippen molar-refractivity contribution in [1.82, 2.24) is 5.32 Å². The minimum Gasteiger partial charge on any atom is -0.497 e. The molecule has 0 saturated heterocycles. The van der Waals surface area contributed by atoms with Gasteiger partial charge in [-0.1, -0.05) is 12.1 Å². The summed E-state index contributed by atoms with van der Waals surface area (Å²) in [4.78, 5) is 0. The molecule has 0 unspecified atom stereocenters. The third-order valence-electron chi connectivity index (χ3n) is 3.19. The molecule has 0 amide bonds. The molecule has 2 aromatic rings. The number of rotatable bonds is 7. The van der Waals surface area contributed by atoms with E-state index in [1.54, 1.807) is 14.2 Å². The van der Waals surface area contributed by atoms with E-state index in [4.69, 9.17) is 14.2 Å². The van der Waals surface area contributed by atoms with Gasteiger partial charge >= 0.3 is 0 Å². The van der Waals surface area contributed by atoms with Gasteiger partial charge in [0.05, 0.1) is 14.2 Å². The van der Waals surface area contributed by atoms with Gasteiger partial charge in [0.1, 0.15) is 23.9 Å². The summed E-state index contributed by atoms with van der Waals surface area (Å²) in [5.41, 5.74) is 2.18. The second kappa shape index (κ2) is 7.55. The second-order valence-corrected chi connectivity index (χ2v) is 4.64. The predicted octanol–water partition coefficient (Wildman–Crippen LogP) is 3.00. The van der Waals surface area contributed by atoms with Crippen LogP contribution in [0.2, 0.25) is 0 Å². The highest BCUT2D eigenvalue weighted by Crippen LogP contribution is 2.25. The summed E-state index contributed by atoms with van der Waals surface area (Å²) in [5.74, 6) is 2.42. The van der Waals surface area contributed by atoms with Crippen molar-refractivity contribution >= 4 is 0 Å². The average Bonchev–Trinajstić information content (AvgIpc) is 2.54. The Morgan fingerprint density at radius 3 is 2.24 bits per heavy atom. The van der Waals surface area contributed by atoms with Gasteiger partial charge in [-0.15, -0.1) is 0 Å². The minimum absolute atomic E-state index is 0.436. The molecule has 0 bridgehead atoms. The first-order valence-corrected chi connectivity index (χ1v) is 6.84. The summed E-state index contributed by atoms with van der Waals surface area (Å²) in [6, 6.07) is 13.7. The van der Waals surface area contributed by atoms with Crippen molar-refractivity contribution in [2.75, 3.05) is 21.3 Å². The summed E-state index contributed by atoms with van der Waals surface area (Å²) < 4.78 is 16.4. The van der Waals surface area contributed by atoms with Crippen LogP contribution in [-0.2, 0) is 13.2 Å². The molecule has 0 radical (unpaired) electrons. The Morgan fingerprint density at radius 1 is 0.905 bits per heavy atom. The lowest BCUT2D eigenvalue weighted by Gasteiger charge is -2.12. The van der Waals surface area contributed by atoms with Crippen LogP contribution in [0.25, 0.3) is 0 Å². The van der Waals surface area contributed by atoms with Crippen LogP contribution in [0.1, 0.15) is 11.1 Å². The van der Waals surface area contributed by atoms with E-state index in [9.17, 15) is 0 Å². The van der Waals surface area contributed by atoms with Crippen molar-refractivity contribution in [1.29, 1.82) is 0 Å². The smallest absolute Gasteiger partial charge is 0.125 e. The molecule has 0 spiro atoms. The molecule has 4 heteroatoms. The SMILES string of the molecule is CNCc1ccc(OCc2cc(OC)ccc2OC)cc1. The Morgan fingerprint density at radius 2 is 1.62 bits per heavy atom. The van der Waals surface area contributed by atoms with E-state index in [1.165, 1.54) is 5.56 Å². The van der Waals surface area contributed by atoms with Gasteiger partial charge in [0.25, 0.3) is 0 Å². The molecule has 4 nitrogen and oxygen atoms in total. The van der Waals surface area contributed by atoms with Crippen LogP contribution in [0.15, 0.2) is 42.5 Å². The fourth-order valence-corrected chi connectivity index (χ4v) is 2.06. The van der Waals surface area contributed by atoms with Gasteiger partial charge < -0.3 is 19.5 Å². The lowest BCUT2D eigenvalue weighted by molar-refractivity contribution is 0.295. The van der Waals surface area contributed by atoms with Crippen LogP contribution < -0.4 is 19.5 Å². The number of benzene rings is 2. The molecule has 0 aliphatic rings. The predicted molar refractivity (Wildman–Crippen MR) is 83.1 cm³/mol. The summed E-state index contributed by atoms with van der Waals surface area (Å²) in [5, 5.41) is 3.12. The van der Waals surface area contributed by atoms with Crippen molar-refractivity contribution in [3.8, 4) is 17.2 Å². The fourth-order valence-electron chi connectivity index (χ4n) is 2.06. The van der Waals surface area contributed by atoms with Crippen molar-refractivity contribution in [3.63, 3.8) is 0 Å². The zero-order chi connectivity index (χ0) is 15.1. The molecule has 2 aromatic carbocycles. The van der Waals surface area contributed by atoms with Crippen molar-refractivity contribution in [2.24, 2.45) is 0 Å². The molecular formula is C17H21NO3. The van der Waals surface area contributed by atoms with Gasteiger partial charge in [-0.3, -0.25) is 0 Å². The lowest BCUT2D eigenvalue weighted by Crippen LogP contribution is -2.04. The molecule has 0 fully saturated rings. The van der Waals surface area contributed by atoms with Gasteiger partial charge in [0.2, 0.25) is 0 Å². The van der Waals surface area contributed by atoms with E-state index in [1.807, 2.05) is 37.4 Å². The number of hydrogen-bond acceptors (Lipinski definition) is 4. The van der Waals surface area contributed by atoms with Crippen LogP contribution in [0, 0.1) is 0 Å². The molecule has 2 rings (SSSR count). The van der Waals surface area contributed by atoms with E-state index in [0.29, 0.717) is 6.61 Å². The van der Waals surface area contributed by atoms with Gasteiger partial charge in [-0.05, 0) is 42.9 Å². The summed E-state index contributed by atoms with van der Waals surface area (Å²) >= 11 is 0. The lowest BCUT2D eigenvalue weighted by atomic mass is 10.2. The first-order valence-electron chi connectivity index (χ1n) is 6.84. The maximum absolute atomic E-state index is 5.81. The Kier molecular flexibility index (Phi) is 5.46. The molecule has 0 aromatic heterocycles. The first kappa shape index (κ1) is 15.2. The maximum atomic E-state index is 5.81. The summed E-state index contributed by atoms with van der Waals surface area (Å²) in [6.45, 7) is 1.29. The topological polar surface area (TPSA) is 39.7 Å². The largest absolute Gasteiger partial charge is 0.497 e. The highest BCUT2D eigenvalue weighted by Gasteiger charge is 2.06. The summed E-state index contributed by atoms with van der Waals surface area (Å²) in [7, 11) is 5.23. The van der Waals surface area contributed by atoms with E-state index in [2.05, 4.69) is 17.4 Å².